The quantitative estimate of drug-likeness (QED) is 0.643. The van der Waals surface area contributed by atoms with Gasteiger partial charge in [0.25, 0.3) is 17.1 Å². The molecule has 1 fully saturated rings. The zero-order chi connectivity index (χ0) is 21.7. The van der Waals surface area contributed by atoms with Gasteiger partial charge in [-0.05, 0) is 67.9 Å². The molecule has 0 saturated carbocycles. The minimum absolute atomic E-state index is 0.110. The Bertz CT molecular complexity index is 968. The maximum absolute atomic E-state index is 12.5. The second-order valence-electron chi connectivity index (χ2n) is 7.08. The summed E-state index contributed by atoms with van der Waals surface area (Å²) in [6, 6.07) is 14.4. The van der Waals surface area contributed by atoms with Crippen LogP contribution < -0.4 is 10.1 Å². The second-order valence-corrected chi connectivity index (χ2v) is 8.07. The summed E-state index contributed by atoms with van der Waals surface area (Å²) in [7, 11) is 0. The number of imide groups is 1. The number of aryl methyl sites for hydroxylation is 1. The number of nitrogens with zero attached hydrogens (tertiary/aromatic N) is 1. The van der Waals surface area contributed by atoms with Crippen molar-refractivity contribution in [2.24, 2.45) is 0 Å². The molecular formula is C23H24N2O4S. The summed E-state index contributed by atoms with van der Waals surface area (Å²) >= 11 is 0.955. The number of hydrogen-bond donors (Lipinski definition) is 1. The SMILES string of the molecule is CC[C@H](C)N1C(=O)S/C(=C/c2ccc(OCC(=O)Nc3ccc(C)cc3)cc2)C1=O. The Morgan fingerprint density at radius 1 is 1.13 bits per heavy atom. The summed E-state index contributed by atoms with van der Waals surface area (Å²) in [6.45, 7) is 5.67. The van der Waals surface area contributed by atoms with E-state index in [9.17, 15) is 14.4 Å². The topological polar surface area (TPSA) is 75.7 Å². The molecule has 1 aliphatic heterocycles. The molecule has 1 N–H and O–H groups in total. The van der Waals surface area contributed by atoms with Crippen molar-refractivity contribution >= 4 is 40.6 Å². The van der Waals surface area contributed by atoms with E-state index in [1.54, 1.807) is 30.3 Å². The molecule has 7 heteroatoms. The van der Waals surface area contributed by atoms with Gasteiger partial charge in [0.1, 0.15) is 5.75 Å². The standard InChI is InChI=1S/C23H24N2O4S/c1-4-16(3)25-22(27)20(30-23(25)28)13-17-7-11-19(12-8-17)29-14-21(26)24-18-9-5-15(2)6-10-18/h5-13,16H,4,14H2,1-3H3,(H,24,26)/b20-13+/t16-/m0/s1. The molecule has 30 heavy (non-hydrogen) atoms. The van der Waals surface area contributed by atoms with E-state index >= 15 is 0 Å². The van der Waals surface area contributed by atoms with Crippen molar-refractivity contribution in [1.82, 2.24) is 4.90 Å². The number of amides is 3. The van der Waals surface area contributed by atoms with Crippen molar-refractivity contribution in [1.29, 1.82) is 0 Å². The van der Waals surface area contributed by atoms with Crippen LogP contribution in [-0.2, 0) is 9.59 Å². The van der Waals surface area contributed by atoms with Gasteiger partial charge in [0.2, 0.25) is 0 Å². The number of carbonyl (C=O) groups excluding carboxylic acids is 3. The van der Waals surface area contributed by atoms with Crippen molar-refractivity contribution < 1.29 is 19.1 Å². The van der Waals surface area contributed by atoms with E-state index in [0.29, 0.717) is 10.7 Å². The van der Waals surface area contributed by atoms with E-state index in [-0.39, 0.29) is 29.7 Å². The van der Waals surface area contributed by atoms with Crippen LogP contribution in [0.15, 0.2) is 53.4 Å². The largest absolute Gasteiger partial charge is 0.484 e. The van der Waals surface area contributed by atoms with E-state index in [4.69, 9.17) is 4.74 Å². The normalized spacial score (nSPS) is 16.1. The molecule has 6 nitrogen and oxygen atoms in total. The fourth-order valence-electron chi connectivity index (χ4n) is 2.84. The van der Waals surface area contributed by atoms with Crippen LogP contribution in [0.1, 0.15) is 31.4 Å². The van der Waals surface area contributed by atoms with E-state index in [2.05, 4.69) is 5.32 Å². The molecule has 2 aromatic rings. The lowest BCUT2D eigenvalue weighted by Crippen LogP contribution is -2.36. The van der Waals surface area contributed by atoms with Gasteiger partial charge in [-0.1, -0.05) is 36.8 Å². The van der Waals surface area contributed by atoms with Crippen LogP contribution in [0.25, 0.3) is 6.08 Å². The first kappa shape index (κ1) is 21.6. The van der Waals surface area contributed by atoms with Crippen LogP contribution in [0.2, 0.25) is 0 Å². The Hall–Kier alpha value is -3.06. The smallest absolute Gasteiger partial charge is 0.293 e. The lowest BCUT2D eigenvalue weighted by atomic mass is 10.2. The molecule has 156 valence electrons. The molecule has 0 spiro atoms. The molecule has 3 rings (SSSR count). The van der Waals surface area contributed by atoms with Gasteiger partial charge >= 0.3 is 0 Å². The zero-order valence-electron chi connectivity index (χ0n) is 17.2. The molecule has 0 bridgehead atoms. The second kappa shape index (κ2) is 9.63. The number of thioether (sulfide) groups is 1. The monoisotopic (exact) mass is 424 g/mol. The number of benzene rings is 2. The number of hydrogen-bond acceptors (Lipinski definition) is 5. The number of anilines is 1. The van der Waals surface area contributed by atoms with Crippen LogP contribution in [0.4, 0.5) is 10.5 Å². The van der Waals surface area contributed by atoms with Gasteiger partial charge in [-0.25, -0.2) is 0 Å². The molecular weight excluding hydrogens is 400 g/mol. The summed E-state index contributed by atoms with van der Waals surface area (Å²) in [5.74, 6) is 0.0352. The fourth-order valence-corrected chi connectivity index (χ4v) is 3.77. The van der Waals surface area contributed by atoms with Gasteiger partial charge in [-0.15, -0.1) is 0 Å². The lowest BCUT2D eigenvalue weighted by Gasteiger charge is -2.19. The zero-order valence-corrected chi connectivity index (χ0v) is 18.0. The number of nitrogens with one attached hydrogen (secondary N) is 1. The summed E-state index contributed by atoms with van der Waals surface area (Å²) in [6.07, 6.45) is 2.41. The minimum Gasteiger partial charge on any atom is -0.484 e. The predicted molar refractivity (Wildman–Crippen MR) is 119 cm³/mol. The first-order valence-corrected chi connectivity index (χ1v) is 10.6. The lowest BCUT2D eigenvalue weighted by molar-refractivity contribution is -0.124. The molecule has 1 heterocycles. The van der Waals surface area contributed by atoms with Gasteiger partial charge in [-0.2, -0.15) is 0 Å². The highest BCUT2D eigenvalue weighted by Crippen LogP contribution is 2.34. The van der Waals surface area contributed by atoms with E-state index in [1.165, 1.54) is 4.90 Å². The maximum Gasteiger partial charge on any atom is 0.293 e. The number of rotatable bonds is 7. The Morgan fingerprint density at radius 2 is 1.80 bits per heavy atom. The van der Waals surface area contributed by atoms with E-state index < -0.39 is 0 Å². The highest BCUT2D eigenvalue weighted by Gasteiger charge is 2.37. The summed E-state index contributed by atoms with van der Waals surface area (Å²) < 4.78 is 5.52. The van der Waals surface area contributed by atoms with Crippen molar-refractivity contribution in [3.63, 3.8) is 0 Å². The van der Waals surface area contributed by atoms with Crippen LogP contribution in [-0.4, -0.2) is 34.6 Å². The molecule has 0 aromatic heterocycles. The van der Waals surface area contributed by atoms with Gasteiger partial charge < -0.3 is 10.1 Å². The van der Waals surface area contributed by atoms with Gasteiger partial charge in [0.05, 0.1) is 4.91 Å². The third kappa shape index (κ3) is 5.30. The summed E-state index contributed by atoms with van der Waals surface area (Å²) in [4.78, 5) is 38.3. The Labute approximate surface area is 180 Å². The highest BCUT2D eigenvalue weighted by atomic mass is 32.2. The van der Waals surface area contributed by atoms with Crippen LogP contribution >= 0.6 is 11.8 Å². The van der Waals surface area contributed by atoms with E-state index in [1.807, 2.05) is 45.0 Å². The maximum atomic E-state index is 12.5. The van der Waals surface area contributed by atoms with Gasteiger partial charge in [0.15, 0.2) is 6.61 Å². The highest BCUT2D eigenvalue weighted by molar-refractivity contribution is 8.18. The van der Waals surface area contributed by atoms with Crippen molar-refractivity contribution in [3.05, 3.63) is 64.6 Å². The fraction of sp³-hybridized carbons (Fsp3) is 0.261. The minimum atomic E-state index is -0.257. The molecule has 3 amide bonds. The molecule has 0 radical (unpaired) electrons. The molecule has 0 aliphatic carbocycles. The van der Waals surface area contributed by atoms with Crippen molar-refractivity contribution in [3.8, 4) is 5.75 Å². The van der Waals surface area contributed by atoms with Crippen molar-refractivity contribution in [2.45, 2.75) is 33.2 Å². The average Bonchev–Trinajstić information content (AvgIpc) is 3.01. The first-order chi connectivity index (χ1) is 14.4. The summed E-state index contributed by atoms with van der Waals surface area (Å²) in [5.41, 5.74) is 2.62. The molecule has 1 atom stereocenters. The van der Waals surface area contributed by atoms with Crippen LogP contribution in [0.5, 0.6) is 5.75 Å². The Kier molecular flexibility index (Phi) is 6.95. The number of carbonyl (C=O) groups is 3. The molecule has 1 aliphatic rings. The third-order valence-corrected chi connectivity index (χ3v) is 5.62. The van der Waals surface area contributed by atoms with Crippen molar-refractivity contribution in [2.75, 3.05) is 11.9 Å². The van der Waals surface area contributed by atoms with Gasteiger partial charge in [-0.3, -0.25) is 19.3 Å². The summed E-state index contributed by atoms with van der Waals surface area (Å²) in [5, 5.41) is 2.54. The Balaban J connectivity index is 1.57. The van der Waals surface area contributed by atoms with Crippen LogP contribution in [0, 0.1) is 6.92 Å². The predicted octanol–water partition coefficient (Wildman–Crippen LogP) is 4.85. The van der Waals surface area contributed by atoms with E-state index in [0.717, 1.165) is 35.0 Å². The molecule has 1 saturated heterocycles. The molecule has 2 aromatic carbocycles. The third-order valence-electron chi connectivity index (χ3n) is 4.74. The average molecular weight is 425 g/mol. The molecule has 0 unspecified atom stereocenters. The first-order valence-electron chi connectivity index (χ1n) is 9.74. The van der Waals surface area contributed by atoms with Crippen LogP contribution in [0.3, 0.4) is 0 Å². The Morgan fingerprint density at radius 3 is 2.43 bits per heavy atom. The van der Waals surface area contributed by atoms with Gasteiger partial charge in [0, 0.05) is 11.7 Å². The number of ether oxygens (including phenoxy) is 1.